The summed E-state index contributed by atoms with van der Waals surface area (Å²) in [5, 5.41) is 4.22. The molecule has 0 unspecified atom stereocenters. The second-order valence-corrected chi connectivity index (χ2v) is 4.07. The van der Waals surface area contributed by atoms with E-state index < -0.39 is 0 Å². The molecule has 0 spiro atoms. The lowest BCUT2D eigenvalue weighted by Gasteiger charge is -2.15. The van der Waals surface area contributed by atoms with Gasteiger partial charge in [0.15, 0.2) is 0 Å². The predicted octanol–water partition coefficient (Wildman–Crippen LogP) is 0.618. The zero-order valence-electron chi connectivity index (χ0n) is 11.3. The number of hydrogen-bond acceptors (Lipinski definition) is 4. The van der Waals surface area contributed by atoms with Crippen LogP contribution in [-0.2, 0) is 23.0 Å². The molecule has 1 amide bonds. The fraction of sp³-hybridized carbons (Fsp3) is 0.583. The van der Waals surface area contributed by atoms with Gasteiger partial charge in [0, 0.05) is 26.8 Å². The molecule has 1 aromatic heterocycles. The van der Waals surface area contributed by atoms with Gasteiger partial charge < -0.3 is 9.64 Å². The molecule has 0 aliphatic heterocycles. The zero-order chi connectivity index (χ0) is 13.7. The molecule has 0 saturated heterocycles. The van der Waals surface area contributed by atoms with Crippen molar-refractivity contribution in [2.45, 2.75) is 19.8 Å². The van der Waals surface area contributed by atoms with Gasteiger partial charge in [-0.25, -0.2) is 0 Å². The second-order valence-electron chi connectivity index (χ2n) is 4.07. The smallest absolute Gasteiger partial charge is 0.307 e. The molecule has 6 nitrogen and oxygen atoms in total. The third-order valence-corrected chi connectivity index (χ3v) is 2.70. The maximum absolute atomic E-state index is 12.2. The summed E-state index contributed by atoms with van der Waals surface area (Å²) in [5.74, 6) is -0.444. The van der Waals surface area contributed by atoms with Crippen molar-refractivity contribution in [1.29, 1.82) is 0 Å². The molecule has 18 heavy (non-hydrogen) atoms. The number of nitrogens with zero attached hydrogens (tertiary/aromatic N) is 3. The minimum Gasteiger partial charge on any atom is -0.469 e. The fourth-order valence-corrected chi connectivity index (χ4v) is 1.64. The van der Waals surface area contributed by atoms with Crippen molar-refractivity contribution in [3.05, 3.63) is 17.5 Å². The Balaban J connectivity index is 2.70. The summed E-state index contributed by atoms with van der Waals surface area (Å²) in [6.07, 6.45) is 2.60. The molecule has 0 saturated carbocycles. The average molecular weight is 253 g/mol. The first-order chi connectivity index (χ1) is 8.49. The van der Waals surface area contributed by atoms with Crippen LogP contribution in [0.2, 0.25) is 0 Å². The molecular weight excluding hydrogens is 234 g/mol. The Hall–Kier alpha value is -1.85. The number of rotatable bonds is 5. The third-order valence-electron chi connectivity index (χ3n) is 2.70. The molecule has 1 heterocycles. The number of carbonyl (C=O) groups excluding carboxylic acids is 2. The first-order valence-corrected chi connectivity index (χ1v) is 5.84. The highest BCUT2D eigenvalue weighted by atomic mass is 16.5. The number of aromatic nitrogens is 2. The molecule has 6 heteroatoms. The summed E-state index contributed by atoms with van der Waals surface area (Å²) in [4.78, 5) is 24.7. The first kappa shape index (κ1) is 14.2. The van der Waals surface area contributed by atoms with Crippen LogP contribution in [0.3, 0.4) is 0 Å². The maximum Gasteiger partial charge on any atom is 0.307 e. The summed E-state index contributed by atoms with van der Waals surface area (Å²) in [6, 6.07) is 0. The van der Waals surface area contributed by atoms with Crippen LogP contribution in [0.15, 0.2) is 6.20 Å². The number of carbonyl (C=O) groups is 2. The van der Waals surface area contributed by atoms with E-state index >= 15 is 0 Å². The molecule has 0 radical (unpaired) electrons. The summed E-state index contributed by atoms with van der Waals surface area (Å²) < 4.78 is 6.17. The van der Waals surface area contributed by atoms with E-state index in [0.29, 0.717) is 18.5 Å². The van der Waals surface area contributed by atoms with E-state index in [1.54, 1.807) is 25.0 Å². The van der Waals surface area contributed by atoms with Crippen LogP contribution >= 0.6 is 0 Å². The topological polar surface area (TPSA) is 64.4 Å². The van der Waals surface area contributed by atoms with Crippen LogP contribution in [-0.4, -0.2) is 47.3 Å². The van der Waals surface area contributed by atoms with Gasteiger partial charge in [0.2, 0.25) is 0 Å². The molecule has 0 aliphatic rings. The van der Waals surface area contributed by atoms with Crippen LogP contribution in [0.4, 0.5) is 0 Å². The molecular formula is C12H19N3O3. The first-order valence-electron chi connectivity index (χ1n) is 5.84. The Labute approximate surface area is 107 Å². The largest absolute Gasteiger partial charge is 0.469 e. The second kappa shape index (κ2) is 6.18. The maximum atomic E-state index is 12.2. The molecule has 0 atom stereocenters. The van der Waals surface area contributed by atoms with Crippen LogP contribution < -0.4 is 0 Å². The lowest BCUT2D eigenvalue weighted by Crippen LogP contribution is -2.29. The highest BCUT2D eigenvalue weighted by Gasteiger charge is 2.18. The molecule has 0 aromatic carbocycles. The van der Waals surface area contributed by atoms with Gasteiger partial charge in [-0.1, -0.05) is 6.92 Å². The molecule has 0 bridgehead atoms. The van der Waals surface area contributed by atoms with Crippen LogP contribution in [0, 0.1) is 0 Å². The summed E-state index contributed by atoms with van der Waals surface area (Å²) in [7, 11) is 4.78. The standard InChI is InChI=1S/C12H19N3O3/c1-5-10-9(8-15(3)13-10)12(17)14(2)7-6-11(16)18-4/h8H,5-7H2,1-4H3. The minimum atomic E-state index is -0.323. The van der Waals surface area contributed by atoms with Crippen LogP contribution in [0.1, 0.15) is 29.4 Å². The Morgan fingerprint density at radius 2 is 2.17 bits per heavy atom. The number of esters is 1. The van der Waals surface area contributed by atoms with Crippen molar-refractivity contribution in [3.63, 3.8) is 0 Å². The summed E-state index contributed by atoms with van der Waals surface area (Å²) in [5.41, 5.74) is 1.36. The van der Waals surface area contributed by atoms with Crippen molar-refractivity contribution < 1.29 is 14.3 Å². The van der Waals surface area contributed by atoms with Crippen molar-refractivity contribution in [2.75, 3.05) is 20.7 Å². The van der Waals surface area contributed by atoms with Gasteiger partial charge >= 0.3 is 5.97 Å². The van der Waals surface area contributed by atoms with Crippen molar-refractivity contribution in [1.82, 2.24) is 14.7 Å². The Morgan fingerprint density at radius 3 is 2.72 bits per heavy atom. The van der Waals surface area contributed by atoms with Gasteiger partial charge in [-0.15, -0.1) is 0 Å². The minimum absolute atomic E-state index is 0.121. The highest BCUT2D eigenvalue weighted by Crippen LogP contribution is 2.10. The highest BCUT2D eigenvalue weighted by molar-refractivity contribution is 5.95. The zero-order valence-corrected chi connectivity index (χ0v) is 11.3. The van der Waals surface area contributed by atoms with Gasteiger partial charge in [0.1, 0.15) is 0 Å². The Bertz CT molecular complexity index is 440. The summed E-state index contributed by atoms with van der Waals surface area (Å²) in [6.45, 7) is 2.29. The van der Waals surface area contributed by atoms with E-state index in [4.69, 9.17) is 0 Å². The van der Waals surface area contributed by atoms with Crippen LogP contribution in [0.5, 0.6) is 0 Å². The third kappa shape index (κ3) is 3.32. The molecule has 100 valence electrons. The normalized spacial score (nSPS) is 10.2. The number of aryl methyl sites for hydroxylation is 2. The monoisotopic (exact) mass is 253 g/mol. The quantitative estimate of drug-likeness (QED) is 0.721. The SMILES string of the molecule is CCc1nn(C)cc1C(=O)N(C)CCC(=O)OC. The molecule has 0 fully saturated rings. The van der Waals surface area contributed by atoms with Crippen molar-refractivity contribution in [3.8, 4) is 0 Å². The predicted molar refractivity (Wildman–Crippen MR) is 66.2 cm³/mol. The van der Waals surface area contributed by atoms with E-state index in [1.807, 2.05) is 6.92 Å². The van der Waals surface area contributed by atoms with Gasteiger partial charge in [-0.05, 0) is 6.42 Å². The number of methoxy groups -OCH3 is 1. The van der Waals surface area contributed by atoms with Gasteiger partial charge in [0.05, 0.1) is 24.8 Å². The molecule has 1 rings (SSSR count). The Morgan fingerprint density at radius 1 is 1.50 bits per heavy atom. The summed E-state index contributed by atoms with van der Waals surface area (Å²) >= 11 is 0. The van der Waals surface area contributed by atoms with Crippen molar-refractivity contribution in [2.24, 2.45) is 7.05 Å². The van der Waals surface area contributed by atoms with Crippen molar-refractivity contribution >= 4 is 11.9 Å². The van der Waals surface area contributed by atoms with Gasteiger partial charge in [0.25, 0.3) is 5.91 Å². The van der Waals surface area contributed by atoms with E-state index in [0.717, 1.165) is 5.69 Å². The van der Waals surface area contributed by atoms with E-state index in [9.17, 15) is 9.59 Å². The number of ether oxygens (including phenoxy) is 1. The lowest BCUT2D eigenvalue weighted by atomic mass is 10.2. The fourth-order valence-electron chi connectivity index (χ4n) is 1.64. The van der Waals surface area contributed by atoms with E-state index in [1.165, 1.54) is 12.0 Å². The molecule has 0 aliphatic carbocycles. The average Bonchev–Trinajstić information content (AvgIpc) is 2.75. The van der Waals surface area contributed by atoms with Gasteiger partial charge in [-0.3, -0.25) is 14.3 Å². The van der Waals surface area contributed by atoms with E-state index in [-0.39, 0.29) is 18.3 Å². The Kier molecular flexibility index (Phi) is 4.88. The lowest BCUT2D eigenvalue weighted by molar-refractivity contribution is -0.140. The van der Waals surface area contributed by atoms with Gasteiger partial charge in [-0.2, -0.15) is 5.10 Å². The molecule has 0 N–H and O–H groups in total. The number of amides is 1. The molecule has 1 aromatic rings. The van der Waals surface area contributed by atoms with E-state index in [2.05, 4.69) is 9.84 Å². The van der Waals surface area contributed by atoms with Crippen LogP contribution in [0.25, 0.3) is 0 Å². The number of hydrogen-bond donors (Lipinski definition) is 0.